The Labute approximate surface area is 120 Å². The highest BCUT2D eigenvalue weighted by molar-refractivity contribution is 5.82. The largest absolute Gasteiger partial charge is 0.481 e. The Kier molecular flexibility index (Phi) is 13.5. The van der Waals surface area contributed by atoms with Gasteiger partial charge < -0.3 is 5.11 Å². The molecule has 0 saturated heterocycles. The molecule has 0 heterocycles. The van der Waals surface area contributed by atoms with E-state index in [0.717, 1.165) is 31.6 Å². The van der Waals surface area contributed by atoms with E-state index in [9.17, 15) is 4.79 Å². The Balaban J connectivity index is 3.27. The first-order valence-corrected chi connectivity index (χ1v) is 8.30. The molecule has 0 rings (SSSR count). The van der Waals surface area contributed by atoms with Gasteiger partial charge in [-0.2, -0.15) is 0 Å². The maximum atomic E-state index is 10.9. The monoisotopic (exact) mass is 269 g/mol. The third-order valence-electron chi connectivity index (χ3n) is 3.69. The highest BCUT2D eigenvalue weighted by Crippen LogP contribution is 2.19. The van der Waals surface area contributed by atoms with E-state index in [4.69, 9.17) is 5.11 Å². The third-order valence-corrected chi connectivity index (χ3v) is 3.69. The molecule has 0 bridgehead atoms. The first-order chi connectivity index (χ1) is 9.22. The Bertz CT molecular complexity index is 201. The summed E-state index contributed by atoms with van der Waals surface area (Å²) < 4.78 is 0. The average molecular weight is 269 g/mol. The van der Waals surface area contributed by atoms with Crippen LogP contribution in [0.4, 0.5) is 0 Å². The smallest absolute Gasteiger partial charge is 0.310 e. The molecule has 0 aromatic carbocycles. The lowest BCUT2D eigenvalue weighted by atomic mass is 9.96. The lowest BCUT2D eigenvalue weighted by Crippen LogP contribution is -2.10. The minimum atomic E-state index is -0.683. The molecule has 0 aromatic rings. The fraction of sp³-hybridized carbons (Fsp3) is 0.882. The summed E-state index contributed by atoms with van der Waals surface area (Å²) in [4.78, 5) is 10.9. The van der Waals surface area contributed by atoms with Gasteiger partial charge in [0.05, 0.1) is 5.92 Å². The minimum absolute atomic E-state index is 0.683. The summed E-state index contributed by atoms with van der Waals surface area (Å²) in [6.45, 7) is 4.29. The Morgan fingerprint density at radius 3 is 1.58 bits per heavy atom. The van der Waals surface area contributed by atoms with Crippen molar-refractivity contribution >= 4 is 5.97 Å². The van der Waals surface area contributed by atoms with Gasteiger partial charge in [0.15, 0.2) is 0 Å². The van der Waals surface area contributed by atoms with Gasteiger partial charge in [-0.15, -0.1) is 0 Å². The van der Waals surface area contributed by atoms with E-state index in [1.165, 1.54) is 57.8 Å². The number of hydrogen-bond acceptors (Lipinski definition) is 1. The van der Waals surface area contributed by atoms with E-state index in [2.05, 4.69) is 6.92 Å². The summed E-state index contributed by atoms with van der Waals surface area (Å²) in [5.74, 6) is 0.0415. The van der Waals surface area contributed by atoms with Crippen molar-refractivity contribution in [2.24, 2.45) is 0 Å². The third kappa shape index (κ3) is 12.3. The van der Waals surface area contributed by atoms with E-state index in [0.29, 0.717) is 0 Å². The molecule has 0 spiro atoms. The summed E-state index contributed by atoms with van der Waals surface area (Å²) in [6, 6.07) is 0. The summed E-state index contributed by atoms with van der Waals surface area (Å²) in [6.07, 6.45) is 15.5. The van der Waals surface area contributed by atoms with E-state index < -0.39 is 5.97 Å². The predicted octanol–water partition coefficient (Wildman–Crippen LogP) is 5.76. The van der Waals surface area contributed by atoms with Crippen LogP contribution in [0.1, 0.15) is 97.3 Å². The van der Waals surface area contributed by atoms with Gasteiger partial charge in [0.2, 0.25) is 0 Å². The molecule has 0 unspecified atom stereocenters. The van der Waals surface area contributed by atoms with Crippen molar-refractivity contribution in [3.05, 3.63) is 5.92 Å². The maximum absolute atomic E-state index is 10.9. The first-order valence-electron chi connectivity index (χ1n) is 8.30. The van der Waals surface area contributed by atoms with Crippen molar-refractivity contribution in [2.45, 2.75) is 97.3 Å². The average Bonchev–Trinajstić information content (AvgIpc) is 2.39. The molecular formula is C17H33O2. The second-order valence-electron chi connectivity index (χ2n) is 5.59. The van der Waals surface area contributed by atoms with E-state index in [1.54, 1.807) is 0 Å². The predicted molar refractivity (Wildman–Crippen MR) is 82.2 cm³/mol. The normalized spacial score (nSPS) is 11.1. The molecule has 0 amide bonds. The van der Waals surface area contributed by atoms with E-state index >= 15 is 0 Å². The second-order valence-corrected chi connectivity index (χ2v) is 5.59. The second kappa shape index (κ2) is 13.9. The van der Waals surface area contributed by atoms with Crippen LogP contribution in [-0.4, -0.2) is 11.1 Å². The molecular weight excluding hydrogens is 236 g/mol. The molecule has 0 fully saturated rings. The molecule has 19 heavy (non-hydrogen) atoms. The fourth-order valence-electron chi connectivity index (χ4n) is 2.47. The van der Waals surface area contributed by atoms with Gasteiger partial charge in [0.1, 0.15) is 0 Å². The molecule has 1 N–H and O–H groups in total. The zero-order chi connectivity index (χ0) is 14.3. The molecule has 0 atom stereocenters. The van der Waals surface area contributed by atoms with Gasteiger partial charge >= 0.3 is 5.97 Å². The van der Waals surface area contributed by atoms with Gasteiger partial charge in [0, 0.05) is 0 Å². The molecule has 0 aliphatic heterocycles. The minimum Gasteiger partial charge on any atom is -0.481 e. The summed E-state index contributed by atoms with van der Waals surface area (Å²) in [7, 11) is 0. The van der Waals surface area contributed by atoms with Crippen LogP contribution < -0.4 is 0 Å². The zero-order valence-corrected chi connectivity index (χ0v) is 13.0. The van der Waals surface area contributed by atoms with Crippen LogP contribution in [0.3, 0.4) is 0 Å². The van der Waals surface area contributed by atoms with E-state index in [-0.39, 0.29) is 0 Å². The van der Waals surface area contributed by atoms with Gasteiger partial charge in [-0.1, -0.05) is 84.5 Å². The summed E-state index contributed by atoms with van der Waals surface area (Å²) in [5, 5.41) is 9.01. The molecule has 0 aliphatic carbocycles. The maximum Gasteiger partial charge on any atom is 0.310 e. The topological polar surface area (TPSA) is 37.3 Å². The molecule has 0 aliphatic rings. The van der Waals surface area contributed by atoms with Crippen LogP contribution in [0.2, 0.25) is 0 Å². The van der Waals surface area contributed by atoms with Crippen molar-refractivity contribution in [1.29, 1.82) is 0 Å². The number of rotatable bonds is 14. The van der Waals surface area contributed by atoms with Crippen LogP contribution >= 0.6 is 0 Å². The molecule has 0 aromatic heterocycles. The van der Waals surface area contributed by atoms with Crippen LogP contribution in [0.5, 0.6) is 0 Å². The van der Waals surface area contributed by atoms with Crippen molar-refractivity contribution < 1.29 is 9.90 Å². The summed E-state index contributed by atoms with van der Waals surface area (Å²) >= 11 is 0. The highest BCUT2D eigenvalue weighted by atomic mass is 16.4. The number of carboxylic acids is 1. The first kappa shape index (κ1) is 18.5. The van der Waals surface area contributed by atoms with Crippen LogP contribution in [0, 0.1) is 5.92 Å². The van der Waals surface area contributed by atoms with Gasteiger partial charge in [-0.25, -0.2) is 0 Å². The van der Waals surface area contributed by atoms with Crippen LogP contribution in [0.25, 0.3) is 0 Å². The molecule has 0 saturated carbocycles. The molecule has 2 nitrogen and oxygen atoms in total. The highest BCUT2D eigenvalue weighted by Gasteiger charge is 2.16. The van der Waals surface area contributed by atoms with E-state index in [1.807, 2.05) is 6.92 Å². The molecule has 1 radical (unpaired) electrons. The molecule has 113 valence electrons. The Morgan fingerprint density at radius 1 is 0.684 bits per heavy atom. The SMILES string of the molecule is CCCCCCCCCCCC[C](CCC)C(=O)O. The lowest BCUT2D eigenvalue weighted by Gasteiger charge is -2.09. The van der Waals surface area contributed by atoms with Crippen molar-refractivity contribution in [3.8, 4) is 0 Å². The number of hydrogen-bond donors (Lipinski definition) is 1. The van der Waals surface area contributed by atoms with Crippen LogP contribution in [0.15, 0.2) is 0 Å². The van der Waals surface area contributed by atoms with Crippen molar-refractivity contribution in [2.75, 3.05) is 0 Å². The fourth-order valence-corrected chi connectivity index (χ4v) is 2.47. The Morgan fingerprint density at radius 2 is 1.16 bits per heavy atom. The van der Waals surface area contributed by atoms with Crippen molar-refractivity contribution in [1.82, 2.24) is 0 Å². The Hall–Kier alpha value is -0.530. The quantitative estimate of drug-likeness (QED) is 0.407. The standard InChI is InChI=1S/C17H33O2/c1-3-5-6-7-8-9-10-11-12-13-15-16(14-4-2)17(18)19/h3-15H2,1-2H3,(H,18,19). The zero-order valence-electron chi connectivity index (χ0n) is 13.0. The molecule has 2 heteroatoms. The lowest BCUT2D eigenvalue weighted by molar-refractivity contribution is -0.135. The van der Waals surface area contributed by atoms with Gasteiger partial charge in [0.25, 0.3) is 0 Å². The van der Waals surface area contributed by atoms with Gasteiger partial charge in [-0.3, -0.25) is 4.79 Å². The van der Waals surface area contributed by atoms with Crippen LogP contribution in [-0.2, 0) is 4.79 Å². The number of unbranched alkanes of at least 4 members (excludes halogenated alkanes) is 9. The number of carbonyl (C=O) groups is 1. The van der Waals surface area contributed by atoms with Crippen molar-refractivity contribution in [3.63, 3.8) is 0 Å². The summed E-state index contributed by atoms with van der Waals surface area (Å²) in [5.41, 5.74) is 0. The number of aliphatic carboxylic acids is 1. The number of carboxylic acid groups (broad SMARTS) is 1. The van der Waals surface area contributed by atoms with Gasteiger partial charge in [-0.05, 0) is 12.8 Å².